The van der Waals surface area contributed by atoms with Crippen molar-refractivity contribution in [3.8, 4) is 0 Å². The van der Waals surface area contributed by atoms with Gasteiger partial charge in [0.1, 0.15) is 6.04 Å². The predicted molar refractivity (Wildman–Crippen MR) is 90.7 cm³/mol. The van der Waals surface area contributed by atoms with Crippen LogP contribution in [0.4, 0.5) is 0 Å². The molecule has 12 heteroatoms. The maximum Gasteiger partial charge on any atom is 0.320 e. The van der Waals surface area contributed by atoms with Gasteiger partial charge in [0.2, 0.25) is 0 Å². The fraction of sp³-hybridized carbons (Fsp3) is 0.867. The van der Waals surface area contributed by atoms with Crippen LogP contribution in [-0.4, -0.2) is 112 Å². The van der Waals surface area contributed by atoms with E-state index in [0.717, 1.165) is 0 Å². The second-order valence-electron chi connectivity index (χ2n) is 6.32. The van der Waals surface area contributed by atoms with Crippen LogP contribution in [0.1, 0.15) is 12.8 Å². The highest BCUT2D eigenvalue weighted by atomic mass is 16.5. The van der Waals surface area contributed by atoms with Crippen molar-refractivity contribution in [1.82, 2.24) is 0 Å². The molecule has 0 aromatic carbocycles. The van der Waals surface area contributed by atoms with E-state index < -0.39 is 68.5 Å². The Morgan fingerprint density at radius 1 is 0.778 bits per heavy atom. The molecule has 0 spiro atoms. The number of nitrogens with two attached hydrogens (primary N) is 1. The van der Waals surface area contributed by atoms with Gasteiger partial charge < -0.3 is 51.3 Å². The van der Waals surface area contributed by atoms with Crippen molar-refractivity contribution < 1.29 is 55.2 Å². The molecule has 1 atom stereocenters. The number of hydrogen-bond donors (Lipinski definition) is 9. The Labute approximate surface area is 156 Å². The van der Waals surface area contributed by atoms with Gasteiger partial charge in [0.05, 0.1) is 63.7 Å². The van der Waals surface area contributed by atoms with Gasteiger partial charge in [-0.15, -0.1) is 0 Å². The van der Waals surface area contributed by atoms with Crippen molar-refractivity contribution in [2.75, 3.05) is 52.9 Å². The van der Waals surface area contributed by atoms with E-state index in [4.69, 9.17) is 51.3 Å². The minimum Gasteiger partial charge on any atom is -0.481 e. The third kappa shape index (κ3) is 11.1. The Balaban J connectivity index is 0. The van der Waals surface area contributed by atoms with Gasteiger partial charge in [0.15, 0.2) is 0 Å². The zero-order chi connectivity index (χ0) is 21.5. The highest BCUT2D eigenvalue weighted by molar-refractivity contribution is 5.74. The van der Waals surface area contributed by atoms with Gasteiger partial charge in [-0.05, 0) is 6.42 Å². The third-order valence-electron chi connectivity index (χ3n) is 3.82. The predicted octanol–water partition coefficient (Wildman–Crippen LogP) is -3.81. The first kappa shape index (κ1) is 27.8. The number of carboxylic acids is 2. The molecule has 0 aromatic heterocycles. The molecule has 0 heterocycles. The van der Waals surface area contributed by atoms with E-state index in [1.165, 1.54) is 0 Å². The number of ether oxygens (including phenoxy) is 1. The smallest absolute Gasteiger partial charge is 0.320 e. The maximum atomic E-state index is 9.99. The van der Waals surface area contributed by atoms with E-state index in [-0.39, 0.29) is 26.1 Å². The standard InChI is InChI=1S/C10H22O7.C5H9NO4/c11-1-9(2-12,3-13)7-17-8-10(4-14,5-15)6-16;6-3(5(9)10)1-2-4(7)8/h11-16H,1-8H2;3H,1-2,6H2,(H,7,8)(H,9,10)/t;3-/m.0/s1. The summed E-state index contributed by atoms with van der Waals surface area (Å²) in [6, 6.07) is -1.06. The summed E-state index contributed by atoms with van der Waals surface area (Å²) in [5, 5.41) is 70.4. The van der Waals surface area contributed by atoms with Gasteiger partial charge in [0.25, 0.3) is 0 Å². The van der Waals surface area contributed by atoms with Crippen LogP contribution in [0, 0.1) is 10.8 Å². The second-order valence-corrected chi connectivity index (χ2v) is 6.32. The quantitative estimate of drug-likeness (QED) is 0.136. The Morgan fingerprint density at radius 2 is 1.11 bits per heavy atom. The first-order valence-electron chi connectivity index (χ1n) is 8.04. The Kier molecular flexibility index (Phi) is 15.1. The van der Waals surface area contributed by atoms with E-state index in [2.05, 4.69) is 0 Å². The molecular formula is C15H31NO11. The van der Waals surface area contributed by atoms with Crippen LogP contribution in [-0.2, 0) is 14.3 Å². The summed E-state index contributed by atoms with van der Waals surface area (Å²) in [5.41, 5.74) is 2.68. The van der Waals surface area contributed by atoms with E-state index in [1.54, 1.807) is 0 Å². The summed E-state index contributed by atoms with van der Waals surface area (Å²) in [5.74, 6) is -2.20. The average molecular weight is 401 g/mol. The van der Waals surface area contributed by atoms with Crippen molar-refractivity contribution in [1.29, 1.82) is 0 Å². The molecule has 0 bridgehead atoms. The topological polar surface area (TPSA) is 231 Å². The highest BCUT2D eigenvalue weighted by Gasteiger charge is 2.32. The normalized spacial score (nSPS) is 12.9. The van der Waals surface area contributed by atoms with Crippen molar-refractivity contribution in [3.63, 3.8) is 0 Å². The fourth-order valence-corrected chi connectivity index (χ4v) is 1.46. The summed E-state index contributed by atoms with van der Waals surface area (Å²) in [4.78, 5) is 19.9. The molecule has 0 saturated heterocycles. The SMILES string of the molecule is N[C@@H](CCC(=O)O)C(=O)O.OCC(CO)(CO)COCC(CO)(CO)CO. The number of aliphatic carboxylic acids is 2. The Hall–Kier alpha value is -1.38. The van der Waals surface area contributed by atoms with Crippen LogP contribution in [0.3, 0.4) is 0 Å². The first-order valence-corrected chi connectivity index (χ1v) is 8.04. The number of carboxylic acid groups (broad SMARTS) is 2. The number of aliphatic hydroxyl groups is 6. The van der Waals surface area contributed by atoms with Gasteiger partial charge in [-0.3, -0.25) is 9.59 Å². The molecule has 12 nitrogen and oxygen atoms in total. The monoisotopic (exact) mass is 401 g/mol. The molecule has 0 rings (SSSR count). The van der Waals surface area contributed by atoms with Crippen LogP contribution in [0.2, 0.25) is 0 Å². The second kappa shape index (κ2) is 14.6. The third-order valence-corrected chi connectivity index (χ3v) is 3.82. The highest BCUT2D eigenvalue weighted by Crippen LogP contribution is 2.19. The molecular weight excluding hydrogens is 370 g/mol. The summed E-state index contributed by atoms with van der Waals surface area (Å²) in [7, 11) is 0. The summed E-state index contributed by atoms with van der Waals surface area (Å²) in [6.07, 6.45) is -0.224. The minimum atomic E-state index is -1.17. The zero-order valence-corrected chi connectivity index (χ0v) is 15.0. The Morgan fingerprint density at radius 3 is 1.33 bits per heavy atom. The Bertz CT molecular complexity index is 374. The largest absolute Gasteiger partial charge is 0.481 e. The van der Waals surface area contributed by atoms with Crippen LogP contribution in [0.15, 0.2) is 0 Å². The van der Waals surface area contributed by atoms with Crippen LogP contribution in [0.25, 0.3) is 0 Å². The van der Waals surface area contributed by atoms with E-state index in [1.807, 2.05) is 0 Å². The first-order chi connectivity index (χ1) is 12.6. The molecule has 0 fully saturated rings. The lowest BCUT2D eigenvalue weighted by molar-refractivity contribution is -0.139. The molecule has 0 aliphatic rings. The lowest BCUT2D eigenvalue weighted by Gasteiger charge is -2.31. The van der Waals surface area contributed by atoms with Gasteiger partial charge in [-0.2, -0.15) is 0 Å². The van der Waals surface area contributed by atoms with Crippen LogP contribution >= 0.6 is 0 Å². The van der Waals surface area contributed by atoms with E-state index in [9.17, 15) is 9.59 Å². The van der Waals surface area contributed by atoms with Gasteiger partial charge in [-0.1, -0.05) is 0 Å². The van der Waals surface area contributed by atoms with Crippen LogP contribution in [0.5, 0.6) is 0 Å². The molecule has 0 aliphatic carbocycles. The van der Waals surface area contributed by atoms with Crippen molar-refractivity contribution in [2.45, 2.75) is 18.9 Å². The lowest BCUT2D eigenvalue weighted by atomic mass is 9.91. The summed E-state index contributed by atoms with van der Waals surface area (Å²) >= 11 is 0. The number of carbonyl (C=O) groups is 2. The van der Waals surface area contributed by atoms with Crippen molar-refractivity contribution >= 4 is 11.9 Å². The molecule has 162 valence electrons. The molecule has 0 aromatic rings. The van der Waals surface area contributed by atoms with E-state index >= 15 is 0 Å². The molecule has 0 aliphatic heterocycles. The van der Waals surface area contributed by atoms with E-state index in [0.29, 0.717) is 0 Å². The molecule has 27 heavy (non-hydrogen) atoms. The molecule has 0 unspecified atom stereocenters. The summed E-state index contributed by atoms with van der Waals surface area (Å²) in [6.45, 7) is -3.01. The fourth-order valence-electron chi connectivity index (χ4n) is 1.46. The summed E-state index contributed by atoms with van der Waals surface area (Å²) < 4.78 is 5.15. The van der Waals surface area contributed by atoms with Crippen molar-refractivity contribution in [3.05, 3.63) is 0 Å². The molecule has 10 N–H and O–H groups in total. The molecule has 0 radical (unpaired) electrons. The number of hydrogen-bond acceptors (Lipinski definition) is 10. The van der Waals surface area contributed by atoms with Gasteiger partial charge >= 0.3 is 11.9 Å². The lowest BCUT2D eigenvalue weighted by Crippen LogP contribution is -2.43. The maximum absolute atomic E-state index is 9.99. The van der Waals surface area contributed by atoms with Gasteiger partial charge in [-0.25, -0.2) is 0 Å². The molecule has 0 amide bonds. The zero-order valence-electron chi connectivity index (χ0n) is 15.0. The van der Waals surface area contributed by atoms with Crippen molar-refractivity contribution in [2.24, 2.45) is 16.6 Å². The molecule has 0 saturated carbocycles. The van der Waals surface area contributed by atoms with Crippen LogP contribution < -0.4 is 5.73 Å². The number of aliphatic hydroxyl groups excluding tert-OH is 6. The van der Waals surface area contributed by atoms with Gasteiger partial charge in [0, 0.05) is 6.42 Å². The average Bonchev–Trinajstić information content (AvgIpc) is 2.67. The minimum absolute atomic E-state index is 0.0231. The number of rotatable bonds is 14.